The molecule has 2 rings (SSSR count). The zero-order valence-corrected chi connectivity index (χ0v) is 5.69. The van der Waals surface area contributed by atoms with Gasteiger partial charge in [-0.1, -0.05) is 6.08 Å². The fourth-order valence-electron chi connectivity index (χ4n) is 1.68. The van der Waals surface area contributed by atoms with Crippen LogP contribution in [-0.4, -0.2) is 12.6 Å². The molecule has 1 atom stereocenters. The van der Waals surface area contributed by atoms with Crippen molar-refractivity contribution in [1.29, 1.82) is 0 Å². The third kappa shape index (κ3) is 0.799. The molecule has 1 saturated heterocycles. The molecule has 1 aliphatic carbocycles. The van der Waals surface area contributed by atoms with Gasteiger partial charge in [0, 0.05) is 12.6 Å². The van der Waals surface area contributed by atoms with Crippen molar-refractivity contribution in [1.82, 2.24) is 5.32 Å². The molecule has 9 heavy (non-hydrogen) atoms. The summed E-state index contributed by atoms with van der Waals surface area (Å²) in [6.45, 7) is 5.01. The standard InChI is InChI=1S/C8H13N/c1-2-7-5-8(3-4-8)6-9-7/h2,7,9H,1,3-6H2. The van der Waals surface area contributed by atoms with E-state index in [1.165, 1.54) is 25.8 Å². The second-order valence-electron chi connectivity index (χ2n) is 3.43. The molecule has 0 aromatic carbocycles. The first-order valence-electron chi connectivity index (χ1n) is 3.71. The summed E-state index contributed by atoms with van der Waals surface area (Å²) in [5, 5.41) is 3.44. The van der Waals surface area contributed by atoms with Crippen LogP contribution < -0.4 is 5.32 Å². The molecule has 1 nitrogen and oxygen atoms in total. The third-order valence-corrected chi connectivity index (χ3v) is 2.63. The number of rotatable bonds is 1. The zero-order chi connectivity index (χ0) is 6.32. The highest BCUT2D eigenvalue weighted by Crippen LogP contribution is 2.51. The molecule has 0 bridgehead atoms. The highest BCUT2D eigenvalue weighted by molar-refractivity contribution is 5.07. The molecule has 0 aromatic heterocycles. The van der Waals surface area contributed by atoms with Gasteiger partial charge >= 0.3 is 0 Å². The van der Waals surface area contributed by atoms with Gasteiger partial charge in [-0.05, 0) is 24.7 Å². The molecular weight excluding hydrogens is 110 g/mol. The van der Waals surface area contributed by atoms with Crippen LogP contribution in [0.4, 0.5) is 0 Å². The van der Waals surface area contributed by atoms with E-state index in [0.29, 0.717) is 6.04 Å². The summed E-state index contributed by atoms with van der Waals surface area (Å²) in [5.74, 6) is 0. The van der Waals surface area contributed by atoms with Gasteiger partial charge in [0.25, 0.3) is 0 Å². The van der Waals surface area contributed by atoms with Crippen LogP contribution in [0.25, 0.3) is 0 Å². The zero-order valence-electron chi connectivity index (χ0n) is 5.69. The Morgan fingerprint density at radius 1 is 1.56 bits per heavy atom. The molecule has 1 unspecified atom stereocenters. The second-order valence-corrected chi connectivity index (χ2v) is 3.43. The van der Waals surface area contributed by atoms with E-state index in [4.69, 9.17) is 0 Å². The number of nitrogens with one attached hydrogen (secondary N) is 1. The fourth-order valence-corrected chi connectivity index (χ4v) is 1.68. The molecule has 1 heteroatoms. The first-order chi connectivity index (χ1) is 4.35. The SMILES string of the molecule is C=CC1CC2(CC2)CN1. The van der Waals surface area contributed by atoms with Gasteiger partial charge in [-0.3, -0.25) is 0 Å². The minimum atomic E-state index is 0.618. The van der Waals surface area contributed by atoms with Crippen molar-refractivity contribution in [3.05, 3.63) is 12.7 Å². The van der Waals surface area contributed by atoms with Crippen LogP contribution in [0.2, 0.25) is 0 Å². The lowest BCUT2D eigenvalue weighted by Crippen LogP contribution is -2.18. The number of hydrogen-bond donors (Lipinski definition) is 1. The summed E-state index contributed by atoms with van der Waals surface area (Å²) in [6, 6.07) is 0.618. The second kappa shape index (κ2) is 1.60. The first kappa shape index (κ1) is 5.48. The summed E-state index contributed by atoms with van der Waals surface area (Å²) in [7, 11) is 0. The lowest BCUT2D eigenvalue weighted by Gasteiger charge is -2.00. The molecule has 1 saturated carbocycles. The van der Waals surface area contributed by atoms with E-state index in [0.717, 1.165) is 5.41 Å². The molecule has 1 spiro atoms. The number of hydrogen-bond acceptors (Lipinski definition) is 1. The van der Waals surface area contributed by atoms with Crippen molar-refractivity contribution in [2.24, 2.45) is 5.41 Å². The Morgan fingerprint density at radius 3 is 2.67 bits per heavy atom. The van der Waals surface area contributed by atoms with Gasteiger partial charge < -0.3 is 5.32 Å². The molecule has 0 aromatic rings. The van der Waals surface area contributed by atoms with Crippen LogP contribution in [0.5, 0.6) is 0 Å². The van der Waals surface area contributed by atoms with E-state index in [-0.39, 0.29) is 0 Å². The topological polar surface area (TPSA) is 12.0 Å². The van der Waals surface area contributed by atoms with Crippen molar-refractivity contribution in [2.45, 2.75) is 25.3 Å². The Morgan fingerprint density at radius 2 is 2.33 bits per heavy atom. The summed E-state index contributed by atoms with van der Waals surface area (Å²) in [5.41, 5.74) is 0.735. The van der Waals surface area contributed by atoms with Gasteiger partial charge in [-0.25, -0.2) is 0 Å². The predicted molar refractivity (Wildman–Crippen MR) is 38.3 cm³/mol. The molecular formula is C8H13N. The Kier molecular flexibility index (Phi) is 0.974. The van der Waals surface area contributed by atoms with Crippen molar-refractivity contribution >= 4 is 0 Å². The lowest BCUT2D eigenvalue weighted by atomic mass is 10.0. The summed E-state index contributed by atoms with van der Waals surface area (Å²) in [4.78, 5) is 0. The van der Waals surface area contributed by atoms with E-state index < -0.39 is 0 Å². The van der Waals surface area contributed by atoms with Crippen molar-refractivity contribution in [3.8, 4) is 0 Å². The Labute approximate surface area is 56.1 Å². The van der Waals surface area contributed by atoms with E-state index in [9.17, 15) is 0 Å². The van der Waals surface area contributed by atoms with E-state index >= 15 is 0 Å². The molecule has 0 radical (unpaired) electrons. The fraction of sp³-hybridized carbons (Fsp3) is 0.750. The Bertz CT molecular complexity index is 136. The highest BCUT2D eigenvalue weighted by atomic mass is 15.0. The van der Waals surface area contributed by atoms with E-state index in [1.807, 2.05) is 6.08 Å². The monoisotopic (exact) mass is 123 g/mol. The van der Waals surface area contributed by atoms with Crippen molar-refractivity contribution in [3.63, 3.8) is 0 Å². The minimum absolute atomic E-state index is 0.618. The molecule has 1 N–H and O–H groups in total. The summed E-state index contributed by atoms with van der Waals surface area (Å²) < 4.78 is 0. The molecule has 2 aliphatic rings. The van der Waals surface area contributed by atoms with Crippen LogP contribution >= 0.6 is 0 Å². The smallest absolute Gasteiger partial charge is 0.0253 e. The van der Waals surface area contributed by atoms with Crippen LogP contribution in [0.3, 0.4) is 0 Å². The Balaban J connectivity index is 2.00. The maximum absolute atomic E-state index is 3.77. The van der Waals surface area contributed by atoms with Gasteiger partial charge in [-0.15, -0.1) is 6.58 Å². The molecule has 1 heterocycles. The molecule has 2 fully saturated rings. The van der Waals surface area contributed by atoms with Crippen molar-refractivity contribution < 1.29 is 0 Å². The normalized spacial score (nSPS) is 37.1. The highest BCUT2D eigenvalue weighted by Gasteiger charge is 2.47. The minimum Gasteiger partial charge on any atom is -0.310 e. The summed E-state index contributed by atoms with van der Waals surface area (Å²) >= 11 is 0. The van der Waals surface area contributed by atoms with Gasteiger partial charge in [-0.2, -0.15) is 0 Å². The maximum Gasteiger partial charge on any atom is 0.0253 e. The quantitative estimate of drug-likeness (QED) is 0.518. The molecule has 50 valence electrons. The molecule has 0 amide bonds. The third-order valence-electron chi connectivity index (χ3n) is 2.63. The van der Waals surface area contributed by atoms with Gasteiger partial charge in [0.15, 0.2) is 0 Å². The van der Waals surface area contributed by atoms with Crippen molar-refractivity contribution in [2.75, 3.05) is 6.54 Å². The predicted octanol–water partition coefficient (Wildman–Crippen LogP) is 1.31. The van der Waals surface area contributed by atoms with Gasteiger partial charge in [0.05, 0.1) is 0 Å². The lowest BCUT2D eigenvalue weighted by molar-refractivity contribution is 0.566. The van der Waals surface area contributed by atoms with Gasteiger partial charge in [0.2, 0.25) is 0 Å². The average Bonchev–Trinajstić information content (AvgIpc) is 2.44. The largest absolute Gasteiger partial charge is 0.310 e. The van der Waals surface area contributed by atoms with E-state index in [2.05, 4.69) is 11.9 Å². The average molecular weight is 123 g/mol. The molecule has 1 aliphatic heterocycles. The van der Waals surface area contributed by atoms with Crippen LogP contribution in [0, 0.1) is 5.41 Å². The first-order valence-corrected chi connectivity index (χ1v) is 3.71. The Hall–Kier alpha value is -0.300. The van der Waals surface area contributed by atoms with Crippen LogP contribution in [0.1, 0.15) is 19.3 Å². The van der Waals surface area contributed by atoms with Crippen LogP contribution in [-0.2, 0) is 0 Å². The van der Waals surface area contributed by atoms with E-state index in [1.54, 1.807) is 0 Å². The van der Waals surface area contributed by atoms with Crippen LogP contribution in [0.15, 0.2) is 12.7 Å². The van der Waals surface area contributed by atoms with Gasteiger partial charge in [0.1, 0.15) is 0 Å². The summed E-state index contributed by atoms with van der Waals surface area (Å²) in [6.07, 6.45) is 6.28. The maximum atomic E-state index is 3.77.